The predicted octanol–water partition coefficient (Wildman–Crippen LogP) is 3.89. The summed E-state index contributed by atoms with van der Waals surface area (Å²) in [7, 11) is 1.67. The van der Waals surface area contributed by atoms with Gasteiger partial charge in [0.15, 0.2) is 0 Å². The average molecular weight is 300 g/mol. The van der Waals surface area contributed by atoms with E-state index in [2.05, 4.69) is 10.3 Å². The van der Waals surface area contributed by atoms with E-state index < -0.39 is 0 Å². The zero-order valence-corrected chi connectivity index (χ0v) is 12.3. The molecule has 0 fully saturated rings. The van der Waals surface area contributed by atoms with Gasteiger partial charge < -0.3 is 14.6 Å². The van der Waals surface area contributed by atoms with Crippen LogP contribution < -0.4 is 5.32 Å². The first-order chi connectivity index (χ1) is 9.10. The van der Waals surface area contributed by atoms with Crippen LogP contribution in [0, 0.1) is 6.92 Å². The van der Waals surface area contributed by atoms with Crippen molar-refractivity contribution in [1.82, 2.24) is 9.55 Å². The quantitative estimate of drug-likeness (QED) is 0.910. The average Bonchev–Trinajstić information content (AvgIpc) is 2.70. The normalized spacial score (nSPS) is 10.7. The maximum absolute atomic E-state index is 6.13. The Labute approximate surface area is 122 Å². The lowest BCUT2D eigenvalue weighted by molar-refractivity contribution is 0.188. The number of anilines is 2. The largest absolute Gasteiger partial charge is 0.383 e. The van der Waals surface area contributed by atoms with Crippen LogP contribution in [0.4, 0.5) is 11.6 Å². The summed E-state index contributed by atoms with van der Waals surface area (Å²) in [6, 6.07) is 5.31. The lowest BCUT2D eigenvalue weighted by Gasteiger charge is -2.10. The Morgan fingerprint density at radius 3 is 2.84 bits per heavy atom. The van der Waals surface area contributed by atoms with E-state index in [4.69, 9.17) is 27.9 Å². The molecule has 1 aromatic heterocycles. The van der Waals surface area contributed by atoms with Gasteiger partial charge >= 0.3 is 0 Å². The molecule has 0 bridgehead atoms. The minimum absolute atomic E-state index is 0.562. The van der Waals surface area contributed by atoms with Crippen LogP contribution in [0.1, 0.15) is 5.69 Å². The molecule has 0 spiro atoms. The summed E-state index contributed by atoms with van der Waals surface area (Å²) in [5, 5.41) is 4.37. The molecule has 0 aliphatic carbocycles. The molecule has 2 aromatic rings. The lowest BCUT2D eigenvalue weighted by Crippen LogP contribution is -2.07. The van der Waals surface area contributed by atoms with E-state index in [0.717, 1.165) is 23.9 Å². The predicted molar refractivity (Wildman–Crippen MR) is 78.6 cm³/mol. The van der Waals surface area contributed by atoms with Gasteiger partial charge in [0.2, 0.25) is 5.95 Å². The second kappa shape index (κ2) is 6.28. The first kappa shape index (κ1) is 14.2. The van der Waals surface area contributed by atoms with Gasteiger partial charge in [-0.3, -0.25) is 0 Å². The van der Waals surface area contributed by atoms with E-state index in [1.54, 1.807) is 19.2 Å². The number of rotatable bonds is 5. The minimum atomic E-state index is 0.562. The zero-order chi connectivity index (χ0) is 13.8. The maximum Gasteiger partial charge on any atom is 0.207 e. The van der Waals surface area contributed by atoms with E-state index in [0.29, 0.717) is 16.7 Å². The summed E-state index contributed by atoms with van der Waals surface area (Å²) in [5.74, 6) is 0.735. The van der Waals surface area contributed by atoms with Crippen molar-refractivity contribution in [3.63, 3.8) is 0 Å². The third-order valence-electron chi connectivity index (χ3n) is 2.61. The number of ether oxygens (including phenoxy) is 1. The molecule has 2 rings (SSSR count). The number of halogens is 2. The molecule has 19 heavy (non-hydrogen) atoms. The summed E-state index contributed by atoms with van der Waals surface area (Å²) in [5.41, 5.74) is 1.71. The van der Waals surface area contributed by atoms with Gasteiger partial charge in [-0.05, 0) is 25.1 Å². The number of imidazole rings is 1. The molecule has 0 aliphatic heterocycles. The highest BCUT2D eigenvalue weighted by Crippen LogP contribution is 2.28. The van der Waals surface area contributed by atoms with Gasteiger partial charge in [0.1, 0.15) is 0 Å². The third kappa shape index (κ3) is 3.62. The van der Waals surface area contributed by atoms with Crippen LogP contribution in [0.15, 0.2) is 24.4 Å². The van der Waals surface area contributed by atoms with Crippen molar-refractivity contribution in [3.8, 4) is 0 Å². The standard InChI is InChI=1S/C13H15Cl2N3O/c1-9-8-18(5-6-19-2)13(16-9)17-12-4-3-10(14)7-11(12)15/h3-4,7-8H,5-6H2,1-2H3,(H,16,17). The molecule has 0 amide bonds. The van der Waals surface area contributed by atoms with Gasteiger partial charge in [0.25, 0.3) is 0 Å². The molecule has 1 heterocycles. The Morgan fingerprint density at radius 2 is 2.16 bits per heavy atom. The topological polar surface area (TPSA) is 39.1 Å². The molecule has 6 heteroatoms. The van der Waals surface area contributed by atoms with Crippen LogP contribution in [-0.2, 0) is 11.3 Å². The van der Waals surface area contributed by atoms with Crippen molar-refractivity contribution in [2.75, 3.05) is 19.0 Å². The Bertz CT molecular complexity index is 569. The van der Waals surface area contributed by atoms with Gasteiger partial charge in [-0.2, -0.15) is 0 Å². The summed E-state index contributed by atoms with van der Waals surface area (Å²) in [6.07, 6.45) is 1.96. The number of nitrogens with one attached hydrogen (secondary N) is 1. The number of benzene rings is 1. The minimum Gasteiger partial charge on any atom is -0.383 e. The van der Waals surface area contributed by atoms with Crippen molar-refractivity contribution >= 4 is 34.8 Å². The van der Waals surface area contributed by atoms with Crippen LogP contribution in [0.2, 0.25) is 10.0 Å². The van der Waals surface area contributed by atoms with Crippen LogP contribution >= 0.6 is 23.2 Å². The van der Waals surface area contributed by atoms with Crippen LogP contribution in [0.3, 0.4) is 0 Å². The first-order valence-electron chi connectivity index (χ1n) is 5.85. The molecule has 0 saturated heterocycles. The van der Waals surface area contributed by atoms with E-state index in [-0.39, 0.29) is 0 Å². The highest BCUT2D eigenvalue weighted by atomic mass is 35.5. The number of methoxy groups -OCH3 is 1. The van der Waals surface area contributed by atoms with Crippen molar-refractivity contribution < 1.29 is 4.74 Å². The van der Waals surface area contributed by atoms with E-state index in [1.807, 2.05) is 23.8 Å². The van der Waals surface area contributed by atoms with Crippen molar-refractivity contribution in [2.24, 2.45) is 0 Å². The van der Waals surface area contributed by atoms with Gasteiger partial charge in [-0.25, -0.2) is 4.98 Å². The molecule has 102 valence electrons. The van der Waals surface area contributed by atoms with Crippen molar-refractivity contribution in [3.05, 3.63) is 40.1 Å². The fraction of sp³-hybridized carbons (Fsp3) is 0.308. The van der Waals surface area contributed by atoms with Crippen molar-refractivity contribution in [1.29, 1.82) is 0 Å². The molecule has 0 saturated carbocycles. The van der Waals surface area contributed by atoms with Crippen LogP contribution in [0.5, 0.6) is 0 Å². The molecular formula is C13H15Cl2N3O. The summed E-state index contributed by atoms with van der Waals surface area (Å²) in [4.78, 5) is 4.43. The van der Waals surface area contributed by atoms with Gasteiger partial charge in [0.05, 0.1) is 23.0 Å². The van der Waals surface area contributed by atoms with E-state index in [1.165, 1.54) is 0 Å². The summed E-state index contributed by atoms with van der Waals surface area (Å²) < 4.78 is 7.07. The molecule has 0 atom stereocenters. The molecule has 0 radical (unpaired) electrons. The number of hydrogen-bond acceptors (Lipinski definition) is 3. The third-order valence-corrected chi connectivity index (χ3v) is 3.16. The van der Waals surface area contributed by atoms with Gasteiger partial charge in [0, 0.05) is 24.9 Å². The van der Waals surface area contributed by atoms with Crippen molar-refractivity contribution in [2.45, 2.75) is 13.5 Å². The summed E-state index contributed by atoms with van der Waals surface area (Å²) >= 11 is 12.0. The smallest absolute Gasteiger partial charge is 0.207 e. The lowest BCUT2D eigenvalue weighted by atomic mass is 10.3. The fourth-order valence-corrected chi connectivity index (χ4v) is 2.17. The number of aryl methyl sites for hydroxylation is 1. The number of hydrogen-bond donors (Lipinski definition) is 1. The Kier molecular flexibility index (Phi) is 4.69. The molecule has 0 unspecified atom stereocenters. The first-order valence-corrected chi connectivity index (χ1v) is 6.60. The molecular weight excluding hydrogens is 285 g/mol. The Hall–Kier alpha value is -1.23. The highest BCUT2D eigenvalue weighted by Gasteiger charge is 2.08. The number of aromatic nitrogens is 2. The van der Waals surface area contributed by atoms with Crippen LogP contribution in [0.25, 0.3) is 0 Å². The Morgan fingerprint density at radius 1 is 1.37 bits per heavy atom. The molecule has 4 nitrogen and oxygen atoms in total. The summed E-state index contributed by atoms with van der Waals surface area (Å²) in [6.45, 7) is 3.29. The van der Waals surface area contributed by atoms with E-state index in [9.17, 15) is 0 Å². The zero-order valence-electron chi connectivity index (χ0n) is 10.8. The number of nitrogens with zero attached hydrogens (tertiary/aromatic N) is 2. The second-order valence-electron chi connectivity index (χ2n) is 4.14. The van der Waals surface area contributed by atoms with Crippen LogP contribution in [-0.4, -0.2) is 23.3 Å². The highest BCUT2D eigenvalue weighted by molar-refractivity contribution is 6.36. The maximum atomic E-state index is 6.13. The SMILES string of the molecule is COCCn1cc(C)nc1Nc1ccc(Cl)cc1Cl. The fourth-order valence-electron chi connectivity index (χ4n) is 1.72. The van der Waals surface area contributed by atoms with Gasteiger partial charge in [-0.1, -0.05) is 23.2 Å². The molecule has 0 aliphatic rings. The monoisotopic (exact) mass is 299 g/mol. The van der Waals surface area contributed by atoms with Gasteiger partial charge in [-0.15, -0.1) is 0 Å². The molecule has 1 aromatic carbocycles. The Balaban J connectivity index is 2.22. The second-order valence-corrected chi connectivity index (χ2v) is 4.98. The van der Waals surface area contributed by atoms with E-state index >= 15 is 0 Å². The molecule has 1 N–H and O–H groups in total.